The largest absolute Gasteiger partial charge is 0.507 e. The first-order valence-electron chi connectivity index (χ1n) is 12.7. The first kappa shape index (κ1) is 27.8. The molecular weight excluding hydrogens is 492 g/mol. The predicted molar refractivity (Wildman–Crippen MR) is 136 cm³/mol. The number of rotatable bonds is 4. The Labute approximate surface area is 221 Å². The molecule has 0 amide bonds. The van der Waals surface area contributed by atoms with Gasteiger partial charge in [-0.1, -0.05) is 5.16 Å². The topological polar surface area (TPSA) is 151 Å². The predicted octanol–water partition coefficient (Wildman–Crippen LogP) is 1.51. The van der Waals surface area contributed by atoms with E-state index in [1.807, 2.05) is 20.8 Å². The molecular formula is C28H34N2O8. The molecule has 2 saturated carbocycles. The van der Waals surface area contributed by atoms with Crippen LogP contribution >= 0.6 is 0 Å². The molecule has 0 bridgehead atoms. The Bertz CT molecular complexity index is 1290. The van der Waals surface area contributed by atoms with Crippen molar-refractivity contribution < 1.29 is 39.0 Å². The van der Waals surface area contributed by atoms with Crippen molar-refractivity contribution in [3.05, 3.63) is 28.8 Å². The van der Waals surface area contributed by atoms with Crippen molar-refractivity contribution in [3.8, 4) is 5.75 Å². The number of ketones is 5. The Morgan fingerprint density at radius 3 is 2.29 bits per heavy atom. The zero-order valence-corrected chi connectivity index (χ0v) is 22.7. The monoisotopic (exact) mass is 526 g/mol. The van der Waals surface area contributed by atoms with Crippen LogP contribution in [-0.4, -0.2) is 81.1 Å². The van der Waals surface area contributed by atoms with Gasteiger partial charge < -0.3 is 15.1 Å². The highest BCUT2D eigenvalue weighted by molar-refractivity contribution is 6.32. The number of hydrogen-bond donors (Lipinski definition) is 2. The number of Topliss-reactive ketones (excluding diaryl/α,β-unsaturated/α-hetero) is 5. The Balaban J connectivity index is 1.84. The number of nitrogens with zero attached hydrogens (tertiary/aromatic N) is 2. The molecule has 2 fully saturated rings. The first-order valence-corrected chi connectivity index (χ1v) is 12.7. The Kier molecular flexibility index (Phi) is 6.73. The summed E-state index contributed by atoms with van der Waals surface area (Å²) < 4.78 is 0. The number of aliphatic hydroxyl groups is 1. The summed E-state index contributed by atoms with van der Waals surface area (Å²) in [5.41, 5.74) is -1.75. The second-order valence-electron chi connectivity index (χ2n) is 11.9. The van der Waals surface area contributed by atoms with Crippen molar-refractivity contribution in [2.24, 2.45) is 28.8 Å². The third kappa shape index (κ3) is 4.10. The van der Waals surface area contributed by atoms with Crippen molar-refractivity contribution in [3.63, 3.8) is 0 Å². The molecule has 6 unspecified atom stereocenters. The molecule has 0 spiro atoms. The van der Waals surface area contributed by atoms with Crippen molar-refractivity contribution in [1.82, 2.24) is 4.90 Å². The fraction of sp³-hybridized carbons (Fsp3) is 0.571. The number of aromatic hydroxyl groups is 1. The summed E-state index contributed by atoms with van der Waals surface area (Å²) >= 11 is 0. The normalized spacial score (nSPS) is 31.6. The third-order valence-corrected chi connectivity index (χ3v) is 7.91. The Morgan fingerprint density at radius 1 is 1.11 bits per heavy atom. The number of carbonyl (C=O) groups excluding carboxylic acids is 5. The van der Waals surface area contributed by atoms with Gasteiger partial charge in [-0.2, -0.15) is 0 Å². The molecule has 10 heteroatoms. The summed E-state index contributed by atoms with van der Waals surface area (Å²) in [6, 6.07) is 1.90. The van der Waals surface area contributed by atoms with Crippen LogP contribution in [0.4, 0.5) is 0 Å². The molecule has 0 radical (unpaired) electrons. The van der Waals surface area contributed by atoms with Gasteiger partial charge in [0.1, 0.15) is 23.1 Å². The minimum absolute atomic E-state index is 0.0207. The minimum Gasteiger partial charge on any atom is -0.507 e. The molecule has 3 aliphatic carbocycles. The molecule has 0 heterocycles. The van der Waals surface area contributed by atoms with Crippen LogP contribution in [0.15, 0.2) is 17.3 Å². The third-order valence-electron chi connectivity index (χ3n) is 7.91. The second kappa shape index (κ2) is 9.20. The molecule has 6 atom stereocenters. The van der Waals surface area contributed by atoms with Gasteiger partial charge in [-0.05, 0) is 85.2 Å². The summed E-state index contributed by atoms with van der Waals surface area (Å²) in [5.74, 6) is -9.58. The van der Waals surface area contributed by atoms with Crippen molar-refractivity contribution >= 4 is 34.6 Å². The van der Waals surface area contributed by atoms with Gasteiger partial charge in [-0.3, -0.25) is 28.9 Å². The lowest BCUT2D eigenvalue weighted by atomic mass is 9.52. The number of hydrogen-bond acceptors (Lipinski definition) is 10. The van der Waals surface area contributed by atoms with Crippen LogP contribution in [0.2, 0.25) is 0 Å². The van der Waals surface area contributed by atoms with Crippen molar-refractivity contribution in [1.29, 1.82) is 0 Å². The van der Waals surface area contributed by atoms with Crippen molar-refractivity contribution in [2.75, 3.05) is 14.1 Å². The van der Waals surface area contributed by atoms with E-state index in [-0.39, 0.29) is 24.2 Å². The average molecular weight is 527 g/mol. The highest BCUT2D eigenvalue weighted by atomic mass is 16.6. The number of fused-ring (bicyclic) bond motifs is 3. The minimum atomic E-state index is -2.67. The molecule has 2 N–H and O–H groups in total. The molecule has 1 aromatic rings. The first-order chi connectivity index (χ1) is 17.5. The van der Waals surface area contributed by atoms with Crippen LogP contribution in [-0.2, 0) is 30.4 Å². The fourth-order valence-corrected chi connectivity index (χ4v) is 6.31. The summed E-state index contributed by atoms with van der Waals surface area (Å²) in [4.78, 5) is 73.6. The van der Waals surface area contributed by atoms with E-state index < -0.39 is 69.8 Å². The molecule has 204 valence electrons. The zero-order valence-electron chi connectivity index (χ0n) is 22.7. The molecule has 10 nitrogen and oxygen atoms in total. The van der Waals surface area contributed by atoms with Gasteiger partial charge in [0, 0.05) is 11.5 Å². The van der Waals surface area contributed by atoms with Crippen LogP contribution < -0.4 is 0 Å². The highest BCUT2D eigenvalue weighted by Gasteiger charge is 2.69. The highest BCUT2D eigenvalue weighted by Crippen LogP contribution is 2.51. The van der Waals surface area contributed by atoms with E-state index in [9.17, 15) is 34.2 Å². The van der Waals surface area contributed by atoms with E-state index in [0.717, 1.165) is 6.92 Å². The fourth-order valence-electron chi connectivity index (χ4n) is 6.31. The molecule has 0 aromatic heterocycles. The van der Waals surface area contributed by atoms with Gasteiger partial charge in [-0.15, -0.1) is 0 Å². The summed E-state index contributed by atoms with van der Waals surface area (Å²) in [7, 11) is 3.16. The summed E-state index contributed by atoms with van der Waals surface area (Å²) in [6.45, 7) is 8.29. The van der Waals surface area contributed by atoms with Gasteiger partial charge in [0.25, 0.3) is 0 Å². The standard InChI is InChI=1S/C28H34N2O8/c1-12(29-38-27(3,4)5)15-8-9-18(32)21-16(15)10-14-11-17-22(30(6)7)24(34)19(13(2)31)25(35)28(17,37)26(36)20(14)23(21)33/h8-9,14,17,19-20,22,32,37H,10-11H2,1-7H3. The maximum atomic E-state index is 13.9. The van der Waals surface area contributed by atoms with Crippen LogP contribution in [0.3, 0.4) is 0 Å². The van der Waals surface area contributed by atoms with E-state index in [1.165, 1.54) is 11.0 Å². The van der Waals surface area contributed by atoms with E-state index in [2.05, 4.69) is 5.16 Å². The lowest BCUT2D eigenvalue weighted by Crippen LogP contribution is -2.73. The zero-order chi connectivity index (χ0) is 28.5. The number of phenols is 1. The summed E-state index contributed by atoms with van der Waals surface area (Å²) in [5, 5.41) is 26.5. The smallest absolute Gasteiger partial charge is 0.190 e. The maximum Gasteiger partial charge on any atom is 0.190 e. The number of carbonyl (C=O) groups is 5. The molecule has 0 saturated heterocycles. The lowest BCUT2D eigenvalue weighted by Gasteiger charge is -2.52. The van der Waals surface area contributed by atoms with Gasteiger partial charge in [0.05, 0.1) is 23.2 Å². The van der Waals surface area contributed by atoms with E-state index >= 15 is 0 Å². The van der Waals surface area contributed by atoms with E-state index in [0.29, 0.717) is 16.8 Å². The second-order valence-corrected chi connectivity index (χ2v) is 11.9. The van der Waals surface area contributed by atoms with Gasteiger partial charge in [-0.25, -0.2) is 0 Å². The van der Waals surface area contributed by atoms with Gasteiger partial charge in [0.2, 0.25) is 0 Å². The quantitative estimate of drug-likeness (QED) is 0.338. The summed E-state index contributed by atoms with van der Waals surface area (Å²) in [6.07, 6.45) is 0.196. The van der Waals surface area contributed by atoms with Crippen LogP contribution in [0.25, 0.3) is 0 Å². The van der Waals surface area contributed by atoms with Gasteiger partial charge >= 0.3 is 0 Å². The number of oxime groups is 1. The molecule has 1 aromatic carbocycles. The average Bonchev–Trinajstić information content (AvgIpc) is 2.79. The number of likely N-dealkylation sites (N-methyl/N-ethyl adjacent to an activating group) is 1. The van der Waals surface area contributed by atoms with E-state index in [4.69, 9.17) is 4.84 Å². The molecule has 38 heavy (non-hydrogen) atoms. The van der Waals surface area contributed by atoms with Gasteiger partial charge in [0.15, 0.2) is 28.7 Å². The number of phenolic OH excluding ortho intramolecular Hbond substituents is 1. The Morgan fingerprint density at radius 2 is 1.74 bits per heavy atom. The number of benzene rings is 1. The van der Waals surface area contributed by atoms with E-state index in [1.54, 1.807) is 27.1 Å². The molecule has 4 rings (SSSR count). The van der Waals surface area contributed by atoms with Crippen LogP contribution in [0, 0.1) is 23.7 Å². The molecule has 3 aliphatic rings. The maximum absolute atomic E-state index is 13.9. The SMILES string of the molecule is CC(=O)C1C(=O)C(N(C)C)C2CC3Cc4c(C(C)=NOC(C)(C)C)ccc(O)c4C(=O)C3C(=O)C2(O)C1=O. The van der Waals surface area contributed by atoms with Crippen LogP contribution in [0.5, 0.6) is 5.75 Å². The Hall–Kier alpha value is -3.24. The molecule has 0 aliphatic heterocycles. The van der Waals surface area contributed by atoms with Crippen molar-refractivity contribution in [2.45, 2.75) is 64.7 Å². The van der Waals surface area contributed by atoms with Crippen LogP contribution in [0.1, 0.15) is 62.5 Å². The lowest BCUT2D eigenvalue weighted by molar-refractivity contribution is -0.181.